The van der Waals surface area contributed by atoms with Gasteiger partial charge in [-0.05, 0) is 36.6 Å². The number of rotatable bonds is 7. The predicted octanol–water partition coefficient (Wildman–Crippen LogP) is 3.27. The van der Waals surface area contributed by atoms with Gasteiger partial charge in [-0.2, -0.15) is 0 Å². The topological polar surface area (TPSA) is 58.2 Å². The Morgan fingerprint density at radius 2 is 1.67 bits per heavy atom. The van der Waals surface area contributed by atoms with Crippen LogP contribution in [0.25, 0.3) is 0 Å². The highest BCUT2D eigenvalue weighted by Gasteiger charge is 2.12. The molecule has 1 unspecified atom stereocenters. The summed E-state index contributed by atoms with van der Waals surface area (Å²) >= 11 is 5.82. The average molecular weight is 345 g/mol. The van der Waals surface area contributed by atoms with Crippen molar-refractivity contribution in [2.45, 2.75) is 25.8 Å². The van der Waals surface area contributed by atoms with Crippen molar-refractivity contribution in [3.8, 4) is 0 Å². The second kappa shape index (κ2) is 9.08. The normalized spacial score (nSPS) is 11.6. The van der Waals surface area contributed by atoms with Crippen LogP contribution in [0, 0.1) is 0 Å². The van der Waals surface area contributed by atoms with Crippen molar-refractivity contribution in [3.63, 3.8) is 0 Å². The van der Waals surface area contributed by atoms with Crippen LogP contribution in [0.1, 0.15) is 30.5 Å². The molecule has 0 bridgehead atoms. The van der Waals surface area contributed by atoms with E-state index in [4.69, 9.17) is 11.6 Å². The third kappa shape index (κ3) is 6.05. The molecule has 0 saturated heterocycles. The zero-order valence-corrected chi connectivity index (χ0v) is 14.3. The lowest BCUT2D eigenvalue weighted by atomic mass is 10.1. The van der Waals surface area contributed by atoms with E-state index in [1.54, 1.807) is 0 Å². The summed E-state index contributed by atoms with van der Waals surface area (Å²) in [6.07, 6.45) is 0.530. The Morgan fingerprint density at radius 1 is 1.00 bits per heavy atom. The van der Waals surface area contributed by atoms with Crippen molar-refractivity contribution in [1.82, 2.24) is 10.6 Å². The Balaban J connectivity index is 1.69. The summed E-state index contributed by atoms with van der Waals surface area (Å²) in [6.45, 7) is 2.38. The van der Waals surface area contributed by atoms with Crippen LogP contribution in [-0.2, 0) is 16.0 Å². The fourth-order valence-electron chi connectivity index (χ4n) is 2.32. The summed E-state index contributed by atoms with van der Waals surface area (Å²) < 4.78 is 0. The monoisotopic (exact) mass is 344 g/mol. The molecular weight excluding hydrogens is 324 g/mol. The maximum atomic E-state index is 11.9. The molecule has 0 aliphatic carbocycles. The molecule has 126 valence electrons. The first-order chi connectivity index (χ1) is 11.5. The van der Waals surface area contributed by atoms with Crippen molar-refractivity contribution in [2.75, 3.05) is 6.54 Å². The number of hydrogen-bond donors (Lipinski definition) is 2. The third-order valence-electron chi connectivity index (χ3n) is 3.65. The number of nitrogens with one attached hydrogen (secondary N) is 2. The van der Waals surface area contributed by atoms with Gasteiger partial charge in [0.15, 0.2) is 0 Å². The zero-order chi connectivity index (χ0) is 17.4. The Morgan fingerprint density at radius 3 is 2.33 bits per heavy atom. The van der Waals surface area contributed by atoms with E-state index in [1.807, 2.05) is 61.5 Å². The van der Waals surface area contributed by atoms with E-state index in [2.05, 4.69) is 10.6 Å². The minimum absolute atomic E-state index is 0.124. The molecular formula is C19H21ClN2O2. The van der Waals surface area contributed by atoms with Gasteiger partial charge in [0, 0.05) is 11.6 Å². The summed E-state index contributed by atoms with van der Waals surface area (Å²) in [7, 11) is 0. The molecule has 0 spiro atoms. The number of carbonyl (C=O) groups excluding carboxylic acids is 2. The van der Waals surface area contributed by atoms with E-state index in [0.29, 0.717) is 18.0 Å². The summed E-state index contributed by atoms with van der Waals surface area (Å²) in [5.74, 6) is -0.558. The number of carbonyl (C=O) groups is 2. The number of hydrogen-bond acceptors (Lipinski definition) is 2. The summed E-state index contributed by atoms with van der Waals surface area (Å²) in [4.78, 5) is 23.7. The Hall–Kier alpha value is -2.33. The first kappa shape index (κ1) is 18.0. The second-order valence-corrected chi connectivity index (χ2v) is 6.04. The Kier molecular flexibility index (Phi) is 6.82. The van der Waals surface area contributed by atoms with Crippen molar-refractivity contribution in [3.05, 3.63) is 70.7 Å². The fourth-order valence-corrected chi connectivity index (χ4v) is 2.45. The first-order valence-electron chi connectivity index (χ1n) is 7.90. The highest BCUT2D eigenvalue weighted by atomic mass is 35.5. The maximum absolute atomic E-state index is 11.9. The molecule has 2 amide bonds. The largest absolute Gasteiger partial charge is 0.355 e. The molecule has 24 heavy (non-hydrogen) atoms. The fraction of sp³-hybridized carbons (Fsp3) is 0.263. The van der Waals surface area contributed by atoms with Crippen molar-refractivity contribution < 1.29 is 9.59 Å². The van der Waals surface area contributed by atoms with Crippen LogP contribution in [0.3, 0.4) is 0 Å². The van der Waals surface area contributed by atoms with Crippen LogP contribution < -0.4 is 10.6 Å². The van der Waals surface area contributed by atoms with Crippen molar-refractivity contribution in [2.24, 2.45) is 0 Å². The molecule has 5 heteroatoms. The highest BCUT2D eigenvalue weighted by Crippen LogP contribution is 2.11. The van der Waals surface area contributed by atoms with E-state index in [-0.39, 0.29) is 24.3 Å². The van der Waals surface area contributed by atoms with Crippen LogP contribution in [0.15, 0.2) is 54.6 Å². The second-order valence-electron chi connectivity index (χ2n) is 5.60. The molecule has 2 N–H and O–H groups in total. The smallest absolute Gasteiger partial charge is 0.229 e. The minimum atomic E-state index is -0.282. The van der Waals surface area contributed by atoms with Gasteiger partial charge in [0.25, 0.3) is 0 Å². The molecule has 4 nitrogen and oxygen atoms in total. The van der Waals surface area contributed by atoms with Crippen LogP contribution in [0.2, 0.25) is 5.02 Å². The molecule has 0 aromatic heterocycles. The number of amides is 2. The molecule has 0 heterocycles. The van der Waals surface area contributed by atoms with Crippen LogP contribution >= 0.6 is 11.6 Å². The highest BCUT2D eigenvalue weighted by molar-refractivity contribution is 6.30. The van der Waals surface area contributed by atoms with E-state index >= 15 is 0 Å². The van der Waals surface area contributed by atoms with E-state index in [0.717, 1.165) is 11.1 Å². The van der Waals surface area contributed by atoms with Crippen LogP contribution in [0.5, 0.6) is 0 Å². The number of halogens is 1. The standard InChI is InChI=1S/C19H21ClN2O2/c1-14(16-5-3-2-4-6-16)22-19(24)13-18(23)21-12-11-15-7-9-17(20)10-8-15/h2-10,14H,11-13H2,1H3,(H,21,23)(H,22,24). The lowest BCUT2D eigenvalue weighted by molar-refractivity contribution is -0.129. The molecule has 0 saturated carbocycles. The van der Waals surface area contributed by atoms with Gasteiger partial charge in [-0.15, -0.1) is 0 Å². The summed E-state index contributed by atoms with van der Waals surface area (Å²) in [5, 5.41) is 6.27. The van der Waals surface area contributed by atoms with Crippen LogP contribution in [-0.4, -0.2) is 18.4 Å². The first-order valence-corrected chi connectivity index (χ1v) is 8.28. The van der Waals surface area contributed by atoms with Gasteiger partial charge in [-0.1, -0.05) is 54.1 Å². The zero-order valence-electron chi connectivity index (χ0n) is 13.6. The SMILES string of the molecule is CC(NC(=O)CC(=O)NCCc1ccc(Cl)cc1)c1ccccc1. The lowest BCUT2D eigenvalue weighted by Crippen LogP contribution is -2.34. The van der Waals surface area contributed by atoms with E-state index in [9.17, 15) is 9.59 Å². The minimum Gasteiger partial charge on any atom is -0.355 e. The average Bonchev–Trinajstić information content (AvgIpc) is 2.57. The predicted molar refractivity (Wildman–Crippen MR) is 95.8 cm³/mol. The van der Waals surface area contributed by atoms with Gasteiger partial charge >= 0.3 is 0 Å². The molecule has 2 aromatic carbocycles. The third-order valence-corrected chi connectivity index (χ3v) is 3.90. The maximum Gasteiger partial charge on any atom is 0.229 e. The molecule has 0 fully saturated rings. The van der Waals surface area contributed by atoms with Gasteiger partial charge < -0.3 is 10.6 Å². The van der Waals surface area contributed by atoms with Crippen LogP contribution in [0.4, 0.5) is 0 Å². The molecule has 0 aliphatic rings. The molecule has 2 aromatic rings. The molecule has 1 atom stereocenters. The van der Waals surface area contributed by atoms with Crippen molar-refractivity contribution >= 4 is 23.4 Å². The van der Waals surface area contributed by atoms with Gasteiger partial charge in [0.05, 0.1) is 6.04 Å². The van der Waals surface area contributed by atoms with Crippen molar-refractivity contribution in [1.29, 1.82) is 0 Å². The van der Waals surface area contributed by atoms with Gasteiger partial charge in [0.1, 0.15) is 6.42 Å². The number of benzene rings is 2. The quantitative estimate of drug-likeness (QED) is 0.757. The lowest BCUT2D eigenvalue weighted by Gasteiger charge is -2.14. The van der Waals surface area contributed by atoms with Gasteiger partial charge in [0.2, 0.25) is 11.8 Å². The van der Waals surface area contributed by atoms with E-state index < -0.39 is 0 Å². The molecule has 0 radical (unpaired) electrons. The van der Waals surface area contributed by atoms with Gasteiger partial charge in [-0.3, -0.25) is 9.59 Å². The molecule has 0 aliphatic heterocycles. The van der Waals surface area contributed by atoms with Gasteiger partial charge in [-0.25, -0.2) is 0 Å². The Labute approximate surface area is 147 Å². The summed E-state index contributed by atoms with van der Waals surface area (Å²) in [5.41, 5.74) is 2.09. The molecule has 2 rings (SSSR count). The Bertz CT molecular complexity index is 672. The summed E-state index contributed by atoms with van der Waals surface area (Å²) in [6, 6.07) is 17.0. The van der Waals surface area contributed by atoms with E-state index in [1.165, 1.54) is 0 Å².